The average molecular weight is 452 g/mol. The summed E-state index contributed by atoms with van der Waals surface area (Å²) in [4.78, 5) is 13.0. The smallest absolute Gasteiger partial charge is 0.387 e. The van der Waals surface area contributed by atoms with Crippen LogP contribution in [0.3, 0.4) is 0 Å². The Balaban J connectivity index is 1.66. The van der Waals surface area contributed by atoms with Crippen molar-refractivity contribution in [3.63, 3.8) is 0 Å². The highest BCUT2D eigenvalue weighted by atomic mass is 19.3. The third-order valence-corrected chi connectivity index (χ3v) is 5.15. The highest BCUT2D eigenvalue weighted by molar-refractivity contribution is 5.54. The van der Waals surface area contributed by atoms with Gasteiger partial charge in [0.25, 0.3) is 5.69 Å². The van der Waals surface area contributed by atoms with Gasteiger partial charge in [-0.1, -0.05) is 12.1 Å². The third kappa shape index (κ3) is 5.97. The summed E-state index contributed by atoms with van der Waals surface area (Å²) >= 11 is 0. The van der Waals surface area contributed by atoms with Crippen LogP contribution < -0.4 is 18.9 Å². The van der Waals surface area contributed by atoms with E-state index in [9.17, 15) is 18.9 Å². The molecule has 3 rings (SSSR count). The number of nitro benzene ring substituents is 1. The van der Waals surface area contributed by atoms with Crippen molar-refractivity contribution in [2.24, 2.45) is 0 Å². The number of methoxy groups -OCH3 is 1. The molecule has 0 bridgehead atoms. The minimum atomic E-state index is -3.11. The molecular weight excluding hydrogens is 426 g/mol. The van der Waals surface area contributed by atoms with Gasteiger partial charge in [-0.25, -0.2) is 0 Å². The molecule has 0 N–H and O–H groups in total. The maximum absolute atomic E-state index is 12.6. The minimum Gasteiger partial charge on any atom is -0.493 e. The van der Waals surface area contributed by atoms with Gasteiger partial charge in [-0.05, 0) is 38.0 Å². The van der Waals surface area contributed by atoms with Gasteiger partial charge in [0.15, 0.2) is 23.0 Å². The summed E-state index contributed by atoms with van der Waals surface area (Å²) in [6.45, 7) is 0.954. The number of benzene rings is 2. The molecule has 8 nitrogen and oxygen atoms in total. The lowest BCUT2D eigenvalue weighted by molar-refractivity contribution is -0.385. The van der Waals surface area contributed by atoms with E-state index < -0.39 is 11.5 Å². The molecule has 174 valence electrons. The summed E-state index contributed by atoms with van der Waals surface area (Å²) in [5.74, 6) is 1.06. The first-order valence-corrected chi connectivity index (χ1v) is 10.3. The van der Waals surface area contributed by atoms with Crippen LogP contribution in [0.5, 0.6) is 23.0 Å². The first kappa shape index (κ1) is 23.5. The van der Waals surface area contributed by atoms with Gasteiger partial charge in [-0.3, -0.25) is 15.0 Å². The number of nitro groups is 1. The fourth-order valence-electron chi connectivity index (χ4n) is 3.66. The number of nitrogens with zero attached hydrogens (tertiary/aromatic N) is 2. The molecule has 2 aromatic rings. The fraction of sp³-hybridized carbons (Fsp3) is 0.455. The Bertz CT molecular complexity index is 919. The zero-order valence-corrected chi connectivity index (χ0v) is 18.0. The summed E-state index contributed by atoms with van der Waals surface area (Å²) in [6.07, 6.45) is 1.47. The molecule has 1 aliphatic heterocycles. The molecule has 10 heteroatoms. The van der Waals surface area contributed by atoms with Crippen molar-refractivity contribution in [2.45, 2.75) is 39.0 Å². The van der Waals surface area contributed by atoms with Gasteiger partial charge in [0.05, 0.1) is 24.7 Å². The van der Waals surface area contributed by atoms with E-state index in [1.54, 1.807) is 0 Å². The van der Waals surface area contributed by atoms with Gasteiger partial charge < -0.3 is 18.9 Å². The quantitative estimate of drug-likeness (QED) is 0.383. The predicted molar refractivity (Wildman–Crippen MR) is 113 cm³/mol. The maximum atomic E-state index is 12.6. The SMILES string of the molecule is CCOc1ccccc1OC1CCN(Cc2cc(OC)c(OC(F)F)cc2[N+](=O)[O-])CC1. The average Bonchev–Trinajstić information content (AvgIpc) is 2.76. The summed E-state index contributed by atoms with van der Waals surface area (Å²) in [5.41, 5.74) is 0.0833. The number of likely N-dealkylation sites (tertiary alicyclic amines) is 1. The molecule has 1 fully saturated rings. The van der Waals surface area contributed by atoms with Crippen LogP contribution in [-0.2, 0) is 6.54 Å². The van der Waals surface area contributed by atoms with Crippen LogP contribution in [0.25, 0.3) is 0 Å². The molecule has 1 saturated heterocycles. The number of rotatable bonds is 10. The maximum Gasteiger partial charge on any atom is 0.387 e. The van der Waals surface area contributed by atoms with Gasteiger partial charge in [-0.2, -0.15) is 8.78 Å². The zero-order chi connectivity index (χ0) is 23.1. The Labute approximate surface area is 184 Å². The summed E-state index contributed by atoms with van der Waals surface area (Å²) in [7, 11) is 1.30. The lowest BCUT2D eigenvalue weighted by Gasteiger charge is -2.32. The number of hydrogen-bond donors (Lipinski definition) is 0. The van der Waals surface area contributed by atoms with Gasteiger partial charge in [0, 0.05) is 25.2 Å². The second-order valence-corrected chi connectivity index (χ2v) is 7.24. The number of piperidine rings is 1. The number of ether oxygens (including phenoxy) is 4. The topological polar surface area (TPSA) is 83.3 Å². The van der Waals surface area contributed by atoms with Gasteiger partial charge in [0.2, 0.25) is 0 Å². The van der Waals surface area contributed by atoms with E-state index in [0.29, 0.717) is 36.8 Å². The third-order valence-electron chi connectivity index (χ3n) is 5.15. The van der Waals surface area contributed by atoms with Crippen molar-refractivity contribution in [1.29, 1.82) is 0 Å². The van der Waals surface area contributed by atoms with Crippen LogP contribution in [0.2, 0.25) is 0 Å². The van der Waals surface area contributed by atoms with Crippen LogP contribution in [-0.4, -0.2) is 49.3 Å². The van der Waals surface area contributed by atoms with E-state index in [1.807, 2.05) is 31.2 Å². The van der Waals surface area contributed by atoms with Crippen LogP contribution >= 0.6 is 0 Å². The van der Waals surface area contributed by atoms with Gasteiger partial charge >= 0.3 is 6.61 Å². The summed E-state index contributed by atoms with van der Waals surface area (Å²) in [6, 6.07) is 9.88. The minimum absolute atomic E-state index is 0.000745. The Morgan fingerprint density at radius 3 is 2.41 bits per heavy atom. The highest BCUT2D eigenvalue weighted by Crippen LogP contribution is 2.37. The number of para-hydroxylation sites is 2. The van der Waals surface area contributed by atoms with Crippen molar-refractivity contribution in [1.82, 2.24) is 4.90 Å². The van der Waals surface area contributed by atoms with Crippen molar-refractivity contribution in [2.75, 3.05) is 26.8 Å². The van der Waals surface area contributed by atoms with E-state index >= 15 is 0 Å². The van der Waals surface area contributed by atoms with Gasteiger partial charge in [-0.15, -0.1) is 0 Å². The molecule has 2 aromatic carbocycles. The molecule has 0 radical (unpaired) electrons. The molecule has 1 heterocycles. The number of halogens is 2. The second-order valence-electron chi connectivity index (χ2n) is 7.24. The standard InChI is InChI=1S/C22H26F2N2O6/c1-3-30-18-6-4-5-7-19(18)31-16-8-10-25(11-9-16)14-15-12-20(29-2)21(32-22(23)24)13-17(15)26(27)28/h4-7,12-13,16,22H,3,8-11,14H2,1-2H3. The fourth-order valence-corrected chi connectivity index (χ4v) is 3.66. The molecule has 0 spiro atoms. The molecule has 0 amide bonds. The van der Waals surface area contributed by atoms with Crippen LogP contribution in [0, 0.1) is 10.1 Å². The van der Waals surface area contributed by atoms with Crippen LogP contribution in [0.4, 0.5) is 14.5 Å². The molecule has 0 aromatic heterocycles. The van der Waals surface area contributed by atoms with Crippen molar-refractivity contribution < 1.29 is 32.7 Å². The summed E-state index contributed by atoms with van der Waals surface area (Å²) in [5, 5.41) is 11.5. The van der Waals surface area contributed by atoms with Crippen molar-refractivity contribution in [3.8, 4) is 23.0 Å². The first-order valence-electron chi connectivity index (χ1n) is 10.3. The van der Waals surface area contributed by atoms with Crippen molar-refractivity contribution >= 4 is 5.69 Å². The molecule has 0 unspecified atom stereocenters. The molecule has 32 heavy (non-hydrogen) atoms. The molecule has 0 saturated carbocycles. The monoisotopic (exact) mass is 452 g/mol. The van der Waals surface area contributed by atoms with E-state index in [0.717, 1.165) is 18.9 Å². The zero-order valence-electron chi connectivity index (χ0n) is 18.0. The first-order chi connectivity index (χ1) is 15.4. The molecule has 1 aliphatic rings. The predicted octanol–water partition coefficient (Wildman–Crippen LogP) is 4.65. The molecular formula is C22H26F2N2O6. The van der Waals surface area contributed by atoms with E-state index in [4.69, 9.17) is 14.2 Å². The highest BCUT2D eigenvalue weighted by Gasteiger charge is 2.26. The van der Waals surface area contributed by atoms with Crippen molar-refractivity contribution in [3.05, 3.63) is 52.1 Å². The largest absolute Gasteiger partial charge is 0.493 e. The normalized spacial score (nSPS) is 14.9. The van der Waals surface area contributed by atoms with Gasteiger partial charge in [0.1, 0.15) is 6.10 Å². The number of hydrogen-bond acceptors (Lipinski definition) is 7. The lowest BCUT2D eigenvalue weighted by Crippen LogP contribution is -2.38. The Morgan fingerprint density at radius 1 is 1.12 bits per heavy atom. The second kappa shape index (κ2) is 10.9. The van der Waals surface area contributed by atoms with Crippen LogP contribution in [0.1, 0.15) is 25.3 Å². The Morgan fingerprint density at radius 2 is 1.81 bits per heavy atom. The lowest BCUT2D eigenvalue weighted by atomic mass is 10.1. The van der Waals surface area contributed by atoms with E-state index in [1.165, 1.54) is 13.2 Å². The van der Waals surface area contributed by atoms with E-state index in [2.05, 4.69) is 9.64 Å². The van der Waals surface area contributed by atoms with Crippen LogP contribution in [0.15, 0.2) is 36.4 Å². The molecule has 0 aliphatic carbocycles. The summed E-state index contributed by atoms with van der Waals surface area (Å²) < 4.78 is 46.4. The van der Waals surface area contributed by atoms with E-state index in [-0.39, 0.29) is 29.8 Å². The number of alkyl halides is 2. The Kier molecular flexibility index (Phi) is 8.04. The Hall–Kier alpha value is -3.14. The molecule has 0 atom stereocenters.